The van der Waals surface area contributed by atoms with E-state index in [1.54, 1.807) is 18.2 Å². The van der Waals surface area contributed by atoms with E-state index in [9.17, 15) is 5.11 Å². The van der Waals surface area contributed by atoms with E-state index in [1.165, 1.54) is 0 Å². The van der Waals surface area contributed by atoms with Gasteiger partial charge in [0.05, 0.1) is 0 Å². The van der Waals surface area contributed by atoms with Crippen LogP contribution in [0.2, 0.25) is 10.0 Å². The van der Waals surface area contributed by atoms with E-state index in [-0.39, 0.29) is 5.75 Å². The van der Waals surface area contributed by atoms with E-state index in [2.05, 4.69) is 0 Å². The van der Waals surface area contributed by atoms with Gasteiger partial charge < -0.3 is 5.11 Å². The molecule has 0 spiro atoms. The Morgan fingerprint density at radius 3 is 2.38 bits per heavy atom. The highest BCUT2D eigenvalue weighted by Crippen LogP contribution is 2.32. The summed E-state index contributed by atoms with van der Waals surface area (Å²) < 4.78 is 0. The van der Waals surface area contributed by atoms with Crippen LogP contribution in [0.3, 0.4) is 0 Å². The smallest absolute Gasteiger partial charge is 0.119 e. The maximum Gasteiger partial charge on any atom is 0.119 e. The van der Waals surface area contributed by atoms with Crippen LogP contribution in [-0.2, 0) is 0 Å². The van der Waals surface area contributed by atoms with Gasteiger partial charge in [-0.05, 0) is 36.2 Å². The van der Waals surface area contributed by atoms with Crippen LogP contribution in [0.25, 0.3) is 11.1 Å². The van der Waals surface area contributed by atoms with Gasteiger partial charge in [0.25, 0.3) is 0 Å². The molecule has 0 saturated heterocycles. The third-order valence-corrected chi connectivity index (χ3v) is 3.00. The fraction of sp³-hybridized carbons (Fsp3) is 0.0769. The lowest BCUT2D eigenvalue weighted by atomic mass is 10.0. The summed E-state index contributed by atoms with van der Waals surface area (Å²) in [7, 11) is 0. The molecular weight excluding hydrogens is 243 g/mol. The molecule has 0 unspecified atom stereocenters. The Labute approximate surface area is 104 Å². The molecule has 2 aromatic rings. The summed E-state index contributed by atoms with van der Waals surface area (Å²) in [5.41, 5.74) is 2.58. The molecule has 0 aliphatic rings. The molecule has 3 heteroatoms. The highest BCUT2D eigenvalue weighted by atomic mass is 35.5. The van der Waals surface area contributed by atoms with Crippen LogP contribution in [0.5, 0.6) is 5.75 Å². The lowest BCUT2D eigenvalue weighted by Crippen LogP contribution is -1.81. The van der Waals surface area contributed by atoms with Gasteiger partial charge in [-0.25, -0.2) is 0 Å². The minimum Gasteiger partial charge on any atom is -0.508 e. The van der Waals surface area contributed by atoms with E-state index >= 15 is 0 Å². The second kappa shape index (κ2) is 4.36. The van der Waals surface area contributed by atoms with E-state index in [0.717, 1.165) is 16.7 Å². The standard InChI is InChI=1S/C13H10Cl2O/c1-8-2-3-9(6-13(8)16)11-5-4-10(14)7-12(11)15/h2-7,16H,1H3. The van der Waals surface area contributed by atoms with Crippen molar-refractivity contribution < 1.29 is 5.11 Å². The van der Waals surface area contributed by atoms with Crippen LogP contribution < -0.4 is 0 Å². The van der Waals surface area contributed by atoms with Gasteiger partial charge in [-0.2, -0.15) is 0 Å². The SMILES string of the molecule is Cc1ccc(-c2ccc(Cl)cc2Cl)cc1O. The Kier molecular flexibility index (Phi) is 3.08. The van der Waals surface area contributed by atoms with Crippen molar-refractivity contribution in [3.05, 3.63) is 52.0 Å². The summed E-state index contributed by atoms with van der Waals surface area (Å²) in [5.74, 6) is 0.267. The predicted octanol–water partition coefficient (Wildman–Crippen LogP) is 4.67. The van der Waals surface area contributed by atoms with Crippen LogP contribution in [0, 0.1) is 6.92 Å². The summed E-state index contributed by atoms with van der Waals surface area (Å²) >= 11 is 11.9. The average molecular weight is 253 g/mol. The maximum atomic E-state index is 9.64. The Balaban J connectivity index is 2.54. The molecule has 0 amide bonds. The molecule has 1 N–H and O–H groups in total. The van der Waals surface area contributed by atoms with E-state index in [4.69, 9.17) is 23.2 Å². The number of benzene rings is 2. The van der Waals surface area contributed by atoms with Gasteiger partial charge >= 0.3 is 0 Å². The van der Waals surface area contributed by atoms with Gasteiger partial charge in [0.15, 0.2) is 0 Å². The normalized spacial score (nSPS) is 10.4. The van der Waals surface area contributed by atoms with Crippen molar-refractivity contribution in [1.29, 1.82) is 0 Å². The molecular formula is C13H10Cl2O. The van der Waals surface area contributed by atoms with Crippen molar-refractivity contribution in [3.63, 3.8) is 0 Å². The first-order valence-electron chi connectivity index (χ1n) is 4.83. The van der Waals surface area contributed by atoms with Crippen molar-refractivity contribution in [2.45, 2.75) is 6.92 Å². The number of hydrogen-bond acceptors (Lipinski definition) is 1. The topological polar surface area (TPSA) is 20.2 Å². The first kappa shape index (κ1) is 11.3. The molecule has 0 heterocycles. The average Bonchev–Trinajstić information content (AvgIpc) is 2.22. The van der Waals surface area contributed by atoms with Crippen molar-refractivity contribution in [3.8, 4) is 16.9 Å². The summed E-state index contributed by atoms with van der Waals surface area (Å²) in [5, 5.41) is 10.8. The number of phenols is 1. The Bertz CT molecular complexity index is 535. The van der Waals surface area contributed by atoms with Crippen molar-refractivity contribution >= 4 is 23.2 Å². The van der Waals surface area contributed by atoms with Gasteiger partial charge in [-0.1, -0.05) is 41.4 Å². The third-order valence-electron chi connectivity index (χ3n) is 2.45. The molecule has 0 fully saturated rings. The molecule has 16 heavy (non-hydrogen) atoms. The van der Waals surface area contributed by atoms with Gasteiger partial charge in [0.1, 0.15) is 5.75 Å². The van der Waals surface area contributed by atoms with Crippen LogP contribution in [0.4, 0.5) is 0 Å². The maximum absolute atomic E-state index is 9.64. The van der Waals surface area contributed by atoms with Crippen LogP contribution >= 0.6 is 23.2 Å². The molecule has 0 saturated carbocycles. The summed E-state index contributed by atoms with van der Waals surface area (Å²) in [6.07, 6.45) is 0. The highest BCUT2D eigenvalue weighted by molar-refractivity contribution is 6.36. The molecule has 0 radical (unpaired) electrons. The van der Waals surface area contributed by atoms with Gasteiger partial charge in [0, 0.05) is 15.6 Å². The number of phenolic OH excluding ortho intramolecular Hbond substituents is 1. The highest BCUT2D eigenvalue weighted by Gasteiger charge is 2.06. The fourth-order valence-electron chi connectivity index (χ4n) is 1.50. The zero-order chi connectivity index (χ0) is 11.7. The largest absolute Gasteiger partial charge is 0.508 e. The molecule has 2 aromatic carbocycles. The van der Waals surface area contributed by atoms with Crippen LogP contribution in [0.15, 0.2) is 36.4 Å². The zero-order valence-corrected chi connectivity index (χ0v) is 10.2. The van der Waals surface area contributed by atoms with Gasteiger partial charge in [-0.3, -0.25) is 0 Å². The molecule has 82 valence electrons. The number of aryl methyl sites for hydroxylation is 1. The van der Waals surface area contributed by atoms with Gasteiger partial charge in [-0.15, -0.1) is 0 Å². The summed E-state index contributed by atoms with van der Waals surface area (Å²) in [6, 6.07) is 10.8. The quantitative estimate of drug-likeness (QED) is 0.782. The van der Waals surface area contributed by atoms with Crippen molar-refractivity contribution in [2.24, 2.45) is 0 Å². The van der Waals surface area contributed by atoms with Crippen LogP contribution in [0.1, 0.15) is 5.56 Å². The second-order valence-electron chi connectivity index (χ2n) is 3.63. The minimum absolute atomic E-state index is 0.267. The fourth-order valence-corrected chi connectivity index (χ4v) is 2.02. The first-order chi connectivity index (χ1) is 7.58. The van der Waals surface area contributed by atoms with E-state index in [0.29, 0.717) is 10.0 Å². The number of halogens is 2. The van der Waals surface area contributed by atoms with Crippen LogP contribution in [-0.4, -0.2) is 5.11 Å². The van der Waals surface area contributed by atoms with Crippen molar-refractivity contribution in [2.75, 3.05) is 0 Å². The Hall–Kier alpha value is -1.18. The number of rotatable bonds is 1. The van der Waals surface area contributed by atoms with E-state index < -0.39 is 0 Å². The summed E-state index contributed by atoms with van der Waals surface area (Å²) in [4.78, 5) is 0. The zero-order valence-electron chi connectivity index (χ0n) is 8.67. The Morgan fingerprint density at radius 2 is 1.75 bits per heavy atom. The molecule has 0 aromatic heterocycles. The molecule has 0 aliphatic heterocycles. The van der Waals surface area contributed by atoms with Gasteiger partial charge in [0.2, 0.25) is 0 Å². The molecule has 2 rings (SSSR count). The lowest BCUT2D eigenvalue weighted by molar-refractivity contribution is 0.471. The third kappa shape index (κ3) is 2.16. The molecule has 0 aliphatic carbocycles. The van der Waals surface area contributed by atoms with Crippen molar-refractivity contribution in [1.82, 2.24) is 0 Å². The molecule has 0 atom stereocenters. The monoisotopic (exact) mass is 252 g/mol. The lowest BCUT2D eigenvalue weighted by Gasteiger charge is -2.07. The van der Waals surface area contributed by atoms with E-state index in [1.807, 2.05) is 25.1 Å². The second-order valence-corrected chi connectivity index (χ2v) is 4.47. The Morgan fingerprint density at radius 1 is 1.00 bits per heavy atom. The molecule has 1 nitrogen and oxygen atoms in total. The number of hydrogen-bond donors (Lipinski definition) is 1. The predicted molar refractivity (Wildman–Crippen MR) is 68.3 cm³/mol. The first-order valence-corrected chi connectivity index (χ1v) is 5.58. The number of aromatic hydroxyl groups is 1. The minimum atomic E-state index is 0.267. The summed E-state index contributed by atoms with van der Waals surface area (Å²) in [6.45, 7) is 1.85. The molecule has 0 bridgehead atoms.